The van der Waals surface area contributed by atoms with Crippen molar-refractivity contribution in [1.29, 1.82) is 0 Å². The minimum absolute atomic E-state index is 0.00261. The summed E-state index contributed by atoms with van der Waals surface area (Å²) in [6, 6.07) is 0. The molecular weight excluding hydrogens is 270 g/mol. The van der Waals surface area contributed by atoms with Gasteiger partial charge in [0.15, 0.2) is 0 Å². The number of methoxy groups -OCH3 is 1. The first-order valence-electron chi connectivity index (χ1n) is 7.89. The molecule has 1 heterocycles. The Morgan fingerprint density at radius 1 is 1.43 bits per heavy atom. The summed E-state index contributed by atoms with van der Waals surface area (Å²) in [6.07, 6.45) is 1.27. The van der Waals surface area contributed by atoms with Gasteiger partial charge in [-0.2, -0.15) is 0 Å². The average Bonchev–Trinajstić information content (AvgIpc) is 2.86. The first kappa shape index (κ1) is 17.9. The number of rotatable bonds is 10. The van der Waals surface area contributed by atoms with Crippen molar-refractivity contribution in [3.05, 3.63) is 0 Å². The van der Waals surface area contributed by atoms with E-state index in [1.807, 2.05) is 0 Å². The van der Waals surface area contributed by atoms with Crippen LogP contribution >= 0.6 is 0 Å². The molecule has 1 saturated heterocycles. The predicted octanol–water partition coefficient (Wildman–Crippen LogP) is 0.329. The van der Waals surface area contributed by atoms with Crippen molar-refractivity contribution in [3.8, 4) is 0 Å². The molecule has 0 spiro atoms. The molecule has 0 aliphatic carbocycles. The highest BCUT2D eigenvalue weighted by molar-refractivity contribution is 5.89. The number of nitrogens with zero attached hydrogens (tertiary/aromatic N) is 2. The maximum Gasteiger partial charge on any atom is 0.225 e. The quantitative estimate of drug-likeness (QED) is 0.591. The van der Waals surface area contributed by atoms with Crippen molar-refractivity contribution >= 4 is 11.8 Å². The van der Waals surface area contributed by atoms with Gasteiger partial charge in [0.05, 0.1) is 12.5 Å². The van der Waals surface area contributed by atoms with Gasteiger partial charge in [-0.1, -0.05) is 13.8 Å². The van der Waals surface area contributed by atoms with Crippen molar-refractivity contribution < 1.29 is 14.3 Å². The van der Waals surface area contributed by atoms with Crippen molar-refractivity contribution in [2.75, 3.05) is 53.0 Å². The SMILES string of the molecule is CCN(CC)CCCNC(=O)C1CC(=O)N(CCOC)C1. The van der Waals surface area contributed by atoms with E-state index in [0.29, 0.717) is 32.7 Å². The van der Waals surface area contributed by atoms with Crippen LogP contribution in [0.15, 0.2) is 0 Å². The third-order valence-electron chi connectivity index (χ3n) is 4.00. The molecule has 6 nitrogen and oxygen atoms in total. The fourth-order valence-electron chi connectivity index (χ4n) is 2.56. The van der Waals surface area contributed by atoms with Gasteiger partial charge < -0.3 is 19.9 Å². The summed E-state index contributed by atoms with van der Waals surface area (Å²) in [5.41, 5.74) is 0. The molecule has 0 saturated carbocycles. The van der Waals surface area contributed by atoms with Gasteiger partial charge in [-0.3, -0.25) is 9.59 Å². The van der Waals surface area contributed by atoms with Crippen LogP contribution in [0.3, 0.4) is 0 Å². The Labute approximate surface area is 127 Å². The number of amides is 2. The maximum absolute atomic E-state index is 12.1. The monoisotopic (exact) mass is 299 g/mol. The number of carbonyl (C=O) groups is 2. The zero-order valence-electron chi connectivity index (χ0n) is 13.6. The van der Waals surface area contributed by atoms with Crippen molar-refractivity contribution in [2.45, 2.75) is 26.7 Å². The molecule has 0 aromatic heterocycles. The Morgan fingerprint density at radius 2 is 2.14 bits per heavy atom. The van der Waals surface area contributed by atoms with Crippen molar-refractivity contribution in [3.63, 3.8) is 0 Å². The Bertz CT molecular complexity index is 332. The highest BCUT2D eigenvalue weighted by atomic mass is 16.5. The van der Waals surface area contributed by atoms with Crippen molar-refractivity contribution in [2.24, 2.45) is 5.92 Å². The molecule has 0 aromatic rings. The zero-order valence-corrected chi connectivity index (χ0v) is 13.6. The number of hydrogen-bond donors (Lipinski definition) is 1. The summed E-state index contributed by atoms with van der Waals surface area (Å²) in [4.78, 5) is 27.9. The summed E-state index contributed by atoms with van der Waals surface area (Å²) < 4.78 is 4.97. The minimum atomic E-state index is -0.206. The van der Waals surface area contributed by atoms with Gasteiger partial charge in [0, 0.05) is 33.2 Å². The molecule has 1 aliphatic heterocycles. The lowest BCUT2D eigenvalue weighted by Gasteiger charge is -2.18. The number of ether oxygens (including phenoxy) is 1. The Hall–Kier alpha value is -1.14. The first-order valence-corrected chi connectivity index (χ1v) is 7.89. The van der Waals surface area contributed by atoms with E-state index >= 15 is 0 Å². The molecule has 6 heteroatoms. The average molecular weight is 299 g/mol. The van der Waals surface area contributed by atoms with Crippen LogP contribution in [0.4, 0.5) is 0 Å². The molecule has 1 rings (SSSR count). The lowest BCUT2D eigenvalue weighted by Crippen LogP contribution is -2.35. The minimum Gasteiger partial charge on any atom is -0.383 e. The summed E-state index contributed by atoms with van der Waals surface area (Å²) >= 11 is 0. The molecular formula is C15H29N3O3. The van der Waals surface area contributed by atoms with E-state index in [9.17, 15) is 9.59 Å². The second-order valence-electron chi connectivity index (χ2n) is 5.41. The van der Waals surface area contributed by atoms with Crippen LogP contribution in [0, 0.1) is 5.92 Å². The fourth-order valence-corrected chi connectivity index (χ4v) is 2.56. The summed E-state index contributed by atoms with van der Waals surface area (Å²) in [5.74, 6) is -0.152. The molecule has 0 bridgehead atoms. The highest BCUT2D eigenvalue weighted by Crippen LogP contribution is 2.17. The Kier molecular flexibility index (Phi) is 8.30. The smallest absolute Gasteiger partial charge is 0.225 e. The number of likely N-dealkylation sites (tertiary alicyclic amines) is 1. The number of nitrogens with one attached hydrogen (secondary N) is 1. The maximum atomic E-state index is 12.1. The van der Waals surface area contributed by atoms with Crippen LogP contribution in [0.1, 0.15) is 26.7 Å². The molecule has 122 valence electrons. The molecule has 0 aromatic carbocycles. The van der Waals surface area contributed by atoms with Gasteiger partial charge in [0.1, 0.15) is 0 Å². The molecule has 2 amide bonds. The third-order valence-corrected chi connectivity index (χ3v) is 4.00. The molecule has 1 atom stereocenters. The topological polar surface area (TPSA) is 61.9 Å². The fraction of sp³-hybridized carbons (Fsp3) is 0.867. The van der Waals surface area contributed by atoms with Crippen LogP contribution in [-0.2, 0) is 14.3 Å². The number of hydrogen-bond acceptors (Lipinski definition) is 4. The molecule has 1 N–H and O–H groups in total. The zero-order chi connectivity index (χ0) is 15.7. The van der Waals surface area contributed by atoms with Gasteiger partial charge in [0.2, 0.25) is 11.8 Å². The second-order valence-corrected chi connectivity index (χ2v) is 5.41. The van der Waals surface area contributed by atoms with Gasteiger partial charge >= 0.3 is 0 Å². The van der Waals surface area contributed by atoms with Crippen LogP contribution in [0.2, 0.25) is 0 Å². The molecule has 1 fully saturated rings. The largest absolute Gasteiger partial charge is 0.383 e. The normalized spacial score (nSPS) is 18.6. The Balaban J connectivity index is 2.22. The summed E-state index contributed by atoms with van der Waals surface area (Å²) in [6.45, 7) is 9.64. The van der Waals surface area contributed by atoms with E-state index in [1.165, 1.54) is 0 Å². The molecule has 21 heavy (non-hydrogen) atoms. The first-order chi connectivity index (χ1) is 10.1. The van der Waals surface area contributed by atoms with Gasteiger partial charge in [0.25, 0.3) is 0 Å². The van der Waals surface area contributed by atoms with Crippen molar-refractivity contribution in [1.82, 2.24) is 15.1 Å². The molecule has 1 unspecified atom stereocenters. The number of carbonyl (C=O) groups excluding carboxylic acids is 2. The standard InChI is InChI=1S/C15H29N3O3/c1-4-17(5-2)8-6-7-16-15(20)13-11-14(19)18(12-13)9-10-21-3/h13H,4-12H2,1-3H3,(H,16,20). The van der Waals surface area contributed by atoms with Crippen LogP contribution in [0.5, 0.6) is 0 Å². The summed E-state index contributed by atoms with van der Waals surface area (Å²) in [7, 11) is 1.61. The van der Waals surface area contributed by atoms with Gasteiger partial charge in [-0.25, -0.2) is 0 Å². The van der Waals surface area contributed by atoms with Crippen LogP contribution in [0.25, 0.3) is 0 Å². The lowest BCUT2D eigenvalue weighted by atomic mass is 10.1. The second kappa shape index (κ2) is 9.73. The van der Waals surface area contributed by atoms with Gasteiger partial charge in [-0.05, 0) is 26.1 Å². The van der Waals surface area contributed by atoms with Crippen LogP contribution in [-0.4, -0.2) is 74.6 Å². The van der Waals surface area contributed by atoms with Crippen LogP contribution < -0.4 is 5.32 Å². The van der Waals surface area contributed by atoms with E-state index in [2.05, 4.69) is 24.1 Å². The van der Waals surface area contributed by atoms with E-state index in [4.69, 9.17) is 4.74 Å². The van der Waals surface area contributed by atoms with Gasteiger partial charge in [-0.15, -0.1) is 0 Å². The summed E-state index contributed by atoms with van der Waals surface area (Å²) in [5, 5.41) is 2.95. The lowest BCUT2D eigenvalue weighted by molar-refractivity contribution is -0.129. The molecule has 0 radical (unpaired) electrons. The Morgan fingerprint density at radius 3 is 2.76 bits per heavy atom. The van der Waals surface area contributed by atoms with E-state index in [0.717, 1.165) is 26.1 Å². The van der Waals surface area contributed by atoms with E-state index in [-0.39, 0.29) is 17.7 Å². The predicted molar refractivity (Wildman–Crippen MR) is 82.0 cm³/mol. The van der Waals surface area contributed by atoms with E-state index < -0.39 is 0 Å². The third kappa shape index (κ3) is 6.01. The molecule has 1 aliphatic rings. The van der Waals surface area contributed by atoms with E-state index in [1.54, 1.807) is 12.0 Å². The highest BCUT2D eigenvalue weighted by Gasteiger charge is 2.33.